The summed E-state index contributed by atoms with van der Waals surface area (Å²) in [5.74, 6) is 1.51. The van der Waals surface area contributed by atoms with Crippen LogP contribution in [0.2, 0.25) is 0 Å². The monoisotopic (exact) mass is 388 g/mol. The highest BCUT2D eigenvalue weighted by Gasteiger charge is 2.23. The maximum Gasteiger partial charge on any atom is 0.222 e. The maximum absolute atomic E-state index is 5.92. The van der Waals surface area contributed by atoms with Gasteiger partial charge in [0, 0.05) is 36.5 Å². The molecule has 2 heterocycles. The van der Waals surface area contributed by atoms with Gasteiger partial charge in [0.15, 0.2) is 0 Å². The molecule has 3 aromatic rings. The van der Waals surface area contributed by atoms with Gasteiger partial charge in [0.05, 0.1) is 6.04 Å². The number of ether oxygens (including phenoxy) is 1. The van der Waals surface area contributed by atoms with Crippen LogP contribution in [0.25, 0.3) is 0 Å². The maximum atomic E-state index is 5.92. The highest BCUT2D eigenvalue weighted by Crippen LogP contribution is 2.32. The Kier molecular flexibility index (Phi) is 5.49. The molecular weight excluding hydrogens is 360 g/mol. The van der Waals surface area contributed by atoms with Gasteiger partial charge in [-0.05, 0) is 30.2 Å². The number of rotatable bonds is 7. The number of nitrogens with zero attached hydrogens (tertiary/aromatic N) is 2. The van der Waals surface area contributed by atoms with E-state index >= 15 is 0 Å². The lowest BCUT2D eigenvalue weighted by molar-refractivity contribution is 0.305. The standard InChI is InChI=1S/C24H28N4O/c1-17-4-6-19(7-5-17)24(2,3)20-8-10-22(11-9-20)29-16-18-12-26-23(27-13-18)28-21-14-25-15-21/h4-13,21,25H,14-16H2,1-3H3,(H,26,27,28). The number of aromatic nitrogens is 2. The Morgan fingerprint density at radius 2 is 1.55 bits per heavy atom. The van der Waals surface area contributed by atoms with Crippen LogP contribution in [0.3, 0.4) is 0 Å². The van der Waals surface area contributed by atoms with Crippen LogP contribution in [-0.2, 0) is 12.0 Å². The number of benzene rings is 2. The SMILES string of the molecule is Cc1ccc(C(C)(C)c2ccc(OCc3cnc(NC4CNC4)nc3)cc2)cc1. The summed E-state index contributed by atoms with van der Waals surface area (Å²) in [6.07, 6.45) is 3.63. The van der Waals surface area contributed by atoms with Crippen molar-refractivity contribution >= 4 is 5.95 Å². The van der Waals surface area contributed by atoms with Gasteiger partial charge in [-0.25, -0.2) is 9.97 Å². The van der Waals surface area contributed by atoms with E-state index in [0.29, 0.717) is 18.6 Å². The normalized spacial score (nSPS) is 14.3. The highest BCUT2D eigenvalue weighted by atomic mass is 16.5. The van der Waals surface area contributed by atoms with E-state index in [1.54, 1.807) is 0 Å². The zero-order valence-corrected chi connectivity index (χ0v) is 17.3. The van der Waals surface area contributed by atoms with Crippen LogP contribution in [-0.4, -0.2) is 29.1 Å². The molecule has 5 nitrogen and oxygen atoms in total. The second-order valence-electron chi connectivity index (χ2n) is 8.22. The molecule has 5 heteroatoms. The van der Waals surface area contributed by atoms with E-state index in [4.69, 9.17) is 4.74 Å². The van der Waals surface area contributed by atoms with Gasteiger partial charge in [0.1, 0.15) is 12.4 Å². The van der Waals surface area contributed by atoms with Crippen LogP contribution in [0.1, 0.15) is 36.1 Å². The first-order chi connectivity index (χ1) is 14.0. The molecule has 1 saturated heterocycles. The van der Waals surface area contributed by atoms with Gasteiger partial charge >= 0.3 is 0 Å². The van der Waals surface area contributed by atoms with Gasteiger partial charge in [-0.3, -0.25) is 0 Å². The predicted octanol–water partition coefficient (Wildman–Crippen LogP) is 4.07. The molecule has 0 unspecified atom stereocenters. The quantitative estimate of drug-likeness (QED) is 0.639. The number of aryl methyl sites for hydroxylation is 1. The summed E-state index contributed by atoms with van der Waals surface area (Å²) in [5.41, 5.74) is 4.74. The first-order valence-electron chi connectivity index (χ1n) is 10.1. The summed E-state index contributed by atoms with van der Waals surface area (Å²) in [6, 6.07) is 17.5. The van der Waals surface area contributed by atoms with E-state index in [1.807, 2.05) is 24.5 Å². The second-order valence-corrected chi connectivity index (χ2v) is 8.22. The number of anilines is 1. The predicted molar refractivity (Wildman–Crippen MR) is 116 cm³/mol. The minimum atomic E-state index is -0.0567. The Balaban J connectivity index is 1.36. The molecule has 4 rings (SSSR count). The van der Waals surface area contributed by atoms with Gasteiger partial charge in [0.25, 0.3) is 0 Å². The highest BCUT2D eigenvalue weighted by molar-refractivity contribution is 5.40. The fourth-order valence-electron chi connectivity index (χ4n) is 3.35. The third-order valence-corrected chi connectivity index (χ3v) is 5.57. The molecule has 2 N–H and O–H groups in total. The van der Waals surface area contributed by atoms with Gasteiger partial charge in [-0.2, -0.15) is 0 Å². The van der Waals surface area contributed by atoms with E-state index in [2.05, 4.69) is 77.8 Å². The van der Waals surface area contributed by atoms with E-state index in [-0.39, 0.29) is 5.41 Å². The topological polar surface area (TPSA) is 59.1 Å². The van der Waals surface area contributed by atoms with E-state index in [1.165, 1.54) is 16.7 Å². The summed E-state index contributed by atoms with van der Waals surface area (Å²) < 4.78 is 5.92. The number of hydrogen-bond donors (Lipinski definition) is 2. The summed E-state index contributed by atoms with van der Waals surface area (Å²) in [5, 5.41) is 6.51. The average Bonchev–Trinajstić information content (AvgIpc) is 2.71. The molecule has 0 spiro atoms. The zero-order valence-electron chi connectivity index (χ0n) is 17.3. The lowest BCUT2D eigenvalue weighted by Gasteiger charge is -2.27. The van der Waals surface area contributed by atoms with Crippen molar-refractivity contribution in [3.8, 4) is 5.75 Å². The molecule has 0 aliphatic carbocycles. The molecule has 1 aromatic heterocycles. The van der Waals surface area contributed by atoms with Crippen molar-refractivity contribution in [1.29, 1.82) is 0 Å². The minimum absolute atomic E-state index is 0.0567. The summed E-state index contributed by atoms with van der Waals surface area (Å²) in [7, 11) is 0. The van der Waals surface area contributed by atoms with Crippen LogP contribution in [0.4, 0.5) is 5.95 Å². The van der Waals surface area contributed by atoms with Crippen molar-refractivity contribution in [1.82, 2.24) is 15.3 Å². The molecule has 1 aliphatic rings. The van der Waals surface area contributed by atoms with Crippen LogP contribution < -0.4 is 15.4 Å². The van der Waals surface area contributed by atoms with Crippen LogP contribution in [0, 0.1) is 6.92 Å². The van der Waals surface area contributed by atoms with E-state index < -0.39 is 0 Å². The lowest BCUT2D eigenvalue weighted by atomic mass is 9.78. The largest absolute Gasteiger partial charge is 0.489 e. The number of hydrogen-bond acceptors (Lipinski definition) is 5. The second kappa shape index (κ2) is 8.21. The summed E-state index contributed by atoms with van der Waals surface area (Å²) >= 11 is 0. The van der Waals surface area contributed by atoms with Crippen LogP contribution >= 0.6 is 0 Å². The van der Waals surface area contributed by atoms with Gasteiger partial charge in [0.2, 0.25) is 5.95 Å². The number of nitrogens with one attached hydrogen (secondary N) is 2. The molecule has 29 heavy (non-hydrogen) atoms. The minimum Gasteiger partial charge on any atom is -0.489 e. The Morgan fingerprint density at radius 1 is 0.966 bits per heavy atom. The van der Waals surface area contributed by atoms with Crippen molar-refractivity contribution in [2.24, 2.45) is 0 Å². The Bertz CT molecular complexity index is 930. The third-order valence-electron chi connectivity index (χ3n) is 5.57. The molecule has 0 bridgehead atoms. The van der Waals surface area contributed by atoms with Gasteiger partial charge < -0.3 is 15.4 Å². The van der Waals surface area contributed by atoms with E-state index in [9.17, 15) is 0 Å². The van der Waals surface area contributed by atoms with Gasteiger partial charge in [-0.15, -0.1) is 0 Å². The third kappa shape index (κ3) is 4.57. The van der Waals surface area contributed by atoms with Crippen LogP contribution in [0.5, 0.6) is 5.75 Å². The van der Waals surface area contributed by atoms with Crippen molar-refractivity contribution in [3.63, 3.8) is 0 Å². The zero-order chi connectivity index (χ0) is 20.3. The van der Waals surface area contributed by atoms with Crippen molar-refractivity contribution in [2.75, 3.05) is 18.4 Å². The van der Waals surface area contributed by atoms with Crippen molar-refractivity contribution < 1.29 is 4.74 Å². The molecule has 150 valence electrons. The summed E-state index contributed by atoms with van der Waals surface area (Å²) in [6.45, 7) is 8.99. The molecule has 1 fully saturated rings. The van der Waals surface area contributed by atoms with Crippen molar-refractivity contribution in [3.05, 3.63) is 83.2 Å². The van der Waals surface area contributed by atoms with Crippen molar-refractivity contribution in [2.45, 2.75) is 38.8 Å². The Morgan fingerprint density at radius 3 is 2.10 bits per heavy atom. The summed E-state index contributed by atoms with van der Waals surface area (Å²) in [4.78, 5) is 8.74. The molecule has 0 radical (unpaired) electrons. The Labute approximate surface area is 172 Å². The van der Waals surface area contributed by atoms with Crippen LogP contribution in [0.15, 0.2) is 60.9 Å². The lowest BCUT2D eigenvalue weighted by Crippen LogP contribution is -2.51. The first-order valence-corrected chi connectivity index (χ1v) is 10.1. The Hall–Kier alpha value is -2.92. The fraction of sp³-hybridized carbons (Fsp3) is 0.333. The smallest absolute Gasteiger partial charge is 0.222 e. The van der Waals surface area contributed by atoms with Gasteiger partial charge in [-0.1, -0.05) is 55.8 Å². The molecule has 0 saturated carbocycles. The first kappa shape index (κ1) is 19.4. The fourth-order valence-corrected chi connectivity index (χ4v) is 3.35. The molecule has 2 aromatic carbocycles. The van der Waals surface area contributed by atoms with E-state index in [0.717, 1.165) is 24.4 Å². The molecule has 1 aliphatic heterocycles. The molecular formula is C24H28N4O. The molecule has 0 atom stereocenters. The molecule has 0 amide bonds. The average molecular weight is 389 g/mol.